The Morgan fingerprint density at radius 1 is 1.30 bits per heavy atom. The van der Waals surface area contributed by atoms with Gasteiger partial charge in [-0.2, -0.15) is 4.31 Å². The van der Waals surface area contributed by atoms with Crippen molar-refractivity contribution in [2.75, 3.05) is 14.2 Å². The quantitative estimate of drug-likeness (QED) is 0.870. The van der Waals surface area contributed by atoms with Crippen LogP contribution in [0.25, 0.3) is 0 Å². The predicted molar refractivity (Wildman–Crippen MR) is 80.1 cm³/mol. The van der Waals surface area contributed by atoms with E-state index in [2.05, 4.69) is 0 Å². The lowest BCUT2D eigenvalue weighted by atomic mass is 10.1. The van der Waals surface area contributed by atoms with E-state index in [1.54, 1.807) is 25.2 Å². The topological polar surface area (TPSA) is 72.6 Å². The highest BCUT2D eigenvalue weighted by molar-refractivity contribution is 7.89. The maximum atomic E-state index is 12.7. The van der Waals surface area contributed by atoms with E-state index in [9.17, 15) is 8.42 Å². The van der Waals surface area contributed by atoms with Crippen molar-refractivity contribution in [2.45, 2.75) is 38.3 Å². The van der Waals surface area contributed by atoms with E-state index in [1.807, 2.05) is 20.8 Å². The molecule has 0 aliphatic rings. The van der Waals surface area contributed by atoms with Gasteiger partial charge in [-0.25, -0.2) is 8.42 Å². The number of nitrogens with two attached hydrogens (primary N) is 1. The molecular formula is C14H24N2O3S. The first-order valence-electron chi connectivity index (χ1n) is 6.60. The maximum absolute atomic E-state index is 12.7. The van der Waals surface area contributed by atoms with Crippen LogP contribution in [0.15, 0.2) is 23.1 Å². The van der Waals surface area contributed by atoms with Crippen molar-refractivity contribution in [2.24, 2.45) is 11.7 Å². The van der Waals surface area contributed by atoms with Gasteiger partial charge in [-0.05, 0) is 30.5 Å². The van der Waals surface area contributed by atoms with Crippen molar-refractivity contribution in [3.63, 3.8) is 0 Å². The monoisotopic (exact) mass is 300 g/mol. The molecule has 1 aromatic rings. The number of sulfonamides is 1. The number of benzene rings is 1. The number of rotatable bonds is 6. The Labute approximate surface area is 121 Å². The largest absolute Gasteiger partial charge is 0.495 e. The smallest absolute Gasteiger partial charge is 0.246 e. The van der Waals surface area contributed by atoms with E-state index in [0.717, 1.165) is 5.56 Å². The molecule has 6 heteroatoms. The van der Waals surface area contributed by atoms with Gasteiger partial charge in [-0.15, -0.1) is 0 Å². The number of hydrogen-bond acceptors (Lipinski definition) is 4. The first-order valence-corrected chi connectivity index (χ1v) is 8.04. The zero-order valence-corrected chi connectivity index (χ0v) is 13.6. The van der Waals surface area contributed by atoms with Gasteiger partial charge in [0.25, 0.3) is 0 Å². The summed E-state index contributed by atoms with van der Waals surface area (Å²) in [6.07, 6.45) is 0. The van der Waals surface area contributed by atoms with Crippen LogP contribution in [0.4, 0.5) is 0 Å². The summed E-state index contributed by atoms with van der Waals surface area (Å²) in [6.45, 7) is 6.16. The molecule has 20 heavy (non-hydrogen) atoms. The Balaban J connectivity index is 3.33. The van der Waals surface area contributed by atoms with E-state index in [1.165, 1.54) is 11.4 Å². The second kappa shape index (κ2) is 6.56. The van der Waals surface area contributed by atoms with Gasteiger partial charge in [-0.3, -0.25) is 0 Å². The van der Waals surface area contributed by atoms with Gasteiger partial charge in [0.05, 0.1) is 7.11 Å². The van der Waals surface area contributed by atoms with E-state index in [0.29, 0.717) is 5.75 Å². The zero-order chi connectivity index (χ0) is 15.5. The maximum Gasteiger partial charge on any atom is 0.246 e. The molecule has 0 aliphatic carbocycles. The Morgan fingerprint density at radius 2 is 1.90 bits per heavy atom. The number of ether oxygens (including phenoxy) is 1. The molecule has 1 rings (SSSR count). The molecule has 0 heterocycles. The third-order valence-corrected chi connectivity index (χ3v) is 5.62. The summed E-state index contributed by atoms with van der Waals surface area (Å²) >= 11 is 0. The lowest BCUT2D eigenvalue weighted by Crippen LogP contribution is -2.38. The minimum absolute atomic E-state index is 0.105. The van der Waals surface area contributed by atoms with E-state index < -0.39 is 10.0 Å². The summed E-state index contributed by atoms with van der Waals surface area (Å²) < 4.78 is 32.0. The van der Waals surface area contributed by atoms with Crippen LogP contribution in [0, 0.1) is 5.92 Å². The summed E-state index contributed by atoms with van der Waals surface area (Å²) in [7, 11) is -0.553. The van der Waals surface area contributed by atoms with Crippen molar-refractivity contribution in [1.29, 1.82) is 0 Å². The second-order valence-electron chi connectivity index (χ2n) is 5.20. The van der Waals surface area contributed by atoms with Gasteiger partial charge in [0, 0.05) is 19.6 Å². The second-order valence-corrected chi connectivity index (χ2v) is 7.16. The van der Waals surface area contributed by atoms with Crippen LogP contribution in [-0.4, -0.2) is 32.9 Å². The Kier molecular flexibility index (Phi) is 5.56. The number of methoxy groups -OCH3 is 1. The average molecular weight is 300 g/mol. The van der Waals surface area contributed by atoms with Gasteiger partial charge in [0.15, 0.2) is 0 Å². The molecule has 0 amide bonds. The molecule has 114 valence electrons. The SMILES string of the molecule is COc1ccc(CN)cc1S(=O)(=O)N(C)C(C)C(C)C. The molecule has 0 bridgehead atoms. The standard InChI is InChI=1S/C14H24N2O3S/c1-10(2)11(3)16(4)20(17,18)14-8-12(9-15)6-7-13(14)19-5/h6-8,10-11H,9,15H2,1-5H3. The van der Waals surface area contributed by atoms with Crippen molar-refractivity contribution in [1.82, 2.24) is 4.31 Å². The average Bonchev–Trinajstić information content (AvgIpc) is 2.44. The summed E-state index contributed by atoms with van der Waals surface area (Å²) in [5.74, 6) is 0.559. The molecule has 0 aliphatic heterocycles. The van der Waals surface area contributed by atoms with Gasteiger partial charge in [-0.1, -0.05) is 19.9 Å². The fraction of sp³-hybridized carbons (Fsp3) is 0.571. The Bertz CT molecular complexity index is 556. The highest BCUT2D eigenvalue weighted by Gasteiger charge is 2.29. The van der Waals surface area contributed by atoms with Crippen LogP contribution in [0.2, 0.25) is 0 Å². The molecular weight excluding hydrogens is 276 g/mol. The highest BCUT2D eigenvalue weighted by Crippen LogP contribution is 2.29. The van der Waals surface area contributed by atoms with E-state index >= 15 is 0 Å². The van der Waals surface area contributed by atoms with Crippen LogP contribution in [0.5, 0.6) is 5.75 Å². The molecule has 0 saturated carbocycles. The molecule has 0 fully saturated rings. The first-order chi connectivity index (χ1) is 9.25. The van der Waals surface area contributed by atoms with E-state index in [-0.39, 0.29) is 23.4 Å². The third kappa shape index (κ3) is 3.31. The molecule has 1 unspecified atom stereocenters. The number of nitrogens with zero attached hydrogens (tertiary/aromatic N) is 1. The summed E-state index contributed by atoms with van der Waals surface area (Å²) in [4.78, 5) is 0.165. The molecule has 1 atom stereocenters. The molecule has 0 radical (unpaired) electrons. The molecule has 1 aromatic carbocycles. The van der Waals surface area contributed by atoms with Crippen LogP contribution < -0.4 is 10.5 Å². The normalized spacial score (nSPS) is 13.8. The minimum Gasteiger partial charge on any atom is -0.495 e. The van der Waals surface area contributed by atoms with Crippen molar-refractivity contribution >= 4 is 10.0 Å². The van der Waals surface area contributed by atoms with Crippen LogP contribution in [-0.2, 0) is 16.6 Å². The van der Waals surface area contributed by atoms with Crippen LogP contribution in [0.3, 0.4) is 0 Å². The summed E-state index contributed by atoms with van der Waals surface area (Å²) in [6, 6.07) is 4.89. The third-order valence-electron chi connectivity index (χ3n) is 3.66. The van der Waals surface area contributed by atoms with Crippen molar-refractivity contribution < 1.29 is 13.2 Å². The Hall–Kier alpha value is -1.11. The lowest BCUT2D eigenvalue weighted by Gasteiger charge is -2.27. The molecule has 0 saturated heterocycles. The van der Waals surface area contributed by atoms with E-state index in [4.69, 9.17) is 10.5 Å². The first kappa shape index (κ1) is 16.9. The number of hydrogen-bond donors (Lipinski definition) is 1. The molecule has 2 N–H and O–H groups in total. The van der Waals surface area contributed by atoms with Gasteiger partial charge in [0.2, 0.25) is 10.0 Å². The van der Waals surface area contributed by atoms with Gasteiger partial charge < -0.3 is 10.5 Å². The Morgan fingerprint density at radius 3 is 2.35 bits per heavy atom. The van der Waals surface area contributed by atoms with Crippen molar-refractivity contribution in [3.05, 3.63) is 23.8 Å². The predicted octanol–water partition coefficient (Wildman–Crippen LogP) is 1.82. The summed E-state index contributed by atoms with van der Waals surface area (Å²) in [5.41, 5.74) is 6.35. The van der Waals surface area contributed by atoms with Crippen molar-refractivity contribution in [3.8, 4) is 5.75 Å². The van der Waals surface area contributed by atoms with Gasteiger partial charge >= 0.3 is 0 Å². The van der Waals surface area contributed by atoms with Crippen LogP contribution in [0.1, 0.15) is 26.3 Å². The fourth-order valence-corrected chi connectivity index (χ4v) is 3.54. The van der Waals surface area contributed by atoms with Crippen LogP contribution >= 0.6 is 0 Å². The molecule has 5 nitrogen and oxygen atoms in total. The minimum atomic E-state index is -3.61. The van der Waals surface area contributed by atoms with Gasteiger partial charge in [0.1, 0.15) is 10.6 Å². The lowest BCUT2D eigenvalue weighted by molar-refractivity contribution is 0.313. The molecule has 0 aromatic heterocycles. The summed E-state index contributed by atoms with van der Waals surface area (Å²) in [5, 5.41) is 0. The fourth-order valence-electron chi connectivity index (χ4n) is 1.84. The highest BCUT2D eigenvalue weighted by atomic mass is 32.2. The zero-order valence-electron chi connectivity index (χ0n) is 12.8. The molecule has 0 spiro atoms.